The summed E-state index contributed by atoms with van der Waals surface area (Å²) in [4.78, 5) is 46.1. The molecule has 0 aromatic heterocycles. The zero-order valence-corrected chi connectivity index (χ0v) is 24.4. The van der Waals surface area contributed by atoms with Crippen molar-refractivity contribution in [2.75, 3.05) is 0 Å². The summed E-state index contributed by atoms with van der Waals surface area (Å²) in [7, 11) is 0. The van der Waals surface area contributed by atoms with Gasteiger partial charge in [-0.1, -0.05) is 76.2 Å². The molecule has 0 aliphatic heterocycles. The van der Waals surface area contributed by atoms with Gasteiger partial charge in [-0.2, -0.15) is 0 Å². The van der Waals surface area contributed by atoms with Gasteiger partial charge < -0.3 is 28.4 Å². The quantitative estimate of drug-likeness (QED) is 0.0915. The summed E-state index contributed by atoms with van der Waals surface area (Å²) in [6.07, 6.45) is 0.865. The van der Waals surface area contributed by atoms with Crippen molar-refractivity contribution in [3.05, 3.63) is 66.2 Å². The van der Waals surface area contributed by atoms with E-state index < -0.39 is 24.9 Å². The van der Waals surface area contributed by atoms with Crippen LogP contribution in [-0.2, 0) is 39.9 Å². The summed E-state index contributed by atoms with van der Waals surface area (Å²) in [5.74, 6) is -0.363. The standard InChI is InChI=1S/C16H22O5.C15H20O5/c1-3-8-14(17)20-15(9-4-2)21-16(18)19-12-13-10-6-5-7-11-13;1-3-8-13(16)19-14(9-4-2)20-15(17)18-12-10-6-5-7-11-12/h5-7,10-11,15H,3-4,8-9,12H2,1-2H3;5-7,10-11,14H,3-4,8-9H2,1-2H3. The molecule has 10 nitrogen and oxygen atoms in total. The van der Waals surface area contributed by atoms with Crippen LogP contribution in [0, 0.1) is 0 Å². The number of carbonyl (C=O) groups excluding carboxylic acids is 4. The Hall–Kier alpha value is -4.08. The molecular formula is C31H42O10. The minimum atomic E-state index is -0.893. The van der Waals surface area contributed by atoms with E-state index in [1.165, 1.54) is 0 Å². The van der Waals surface area contributed by atoms with Gasteiger partial charge in [-0.05, 0) is 43.4 Å². The van der Waals surface area contributed by atoms with E-state index in [1.807, 2.05) is 64.1 Å². The van der Waals surface area contributed by atoms with Crippen molar-refractivity contribution in [3.63, 3.8) is 0 Å². The molecule has 0 amide bonds. The van der Waals surface area contributed by atoms with E-state index in [0.29, 0.717) is 44.3 Å². The van der Waals surface area contributed by atoms with Crippen LogP contribution in [-0.4, -0.2) is 36.8 Å². The zero-order valence-electron chi connectivity index (χ0n) is 24.4. The van der Waals surface area contributed by atoms with E-state index in [1.54, 1.807) is 24.3 Å². The molecule has 2 aromatic carbocycles. The smallest absolute Gasteiger partial charge is 0.429 e. The lowest BCUT2D eigenvalue weighted by atomic mass is 10.2. The second-order valence-corrected chi connectivity index (χ2v) is 8.84. The normalized spacial score (nSPS) is 11.5. The van der Waals surface area contributed by atoms with E-state index in [4.69, 9.17) is 28.4 Å². The van der Waals surface area contributed by atoms with Crippen LogP contribution in [0.25, 0.3) is 0 Å². The molecule has 0 fully saturated rings. The SMILES string of the molecule is CCCC(=O)OC(CCC)OC(=O)OCc1ccccc1.CCCC(=O)OC(CCC)OC(=O)Oc1ccccc1. The van der Waals surface area contributed by atoms with Gasteiger partial charge in [-0.15, -0.1) is 0 Å². The molecule has 0 saturated heterocycles. The van der Waals surface area contributed by atoms with Crippen molar-refractivity contribution in [2.45, 2.75) is 98.2 Å². The van der Waals surface area contributed by atoms with E-state index in [2.05, 4.69) is 0 Å². The van der Waals surface area contributed by atoms with Crippen molar-refractivity contribution >= 4 is 24.2 Å². The Bertz CT molecular complexity index is 1010. The lowest BCUT2D eigenvalue weighted by molar-refractivity contribution is -0.173. The average molecular weight is 575 g/mol. The molecule has 0 heterocycles. The summed E-state index contributed by atoms with van der Waals surface area (Å²) in [6, 6.07) is 17.9. The first-order chi connectivity index (χ1) is 19.8. The van der Waals surface area contributed by atoms with Gasteiger partial charge in [-0.25, -0.2) is 9.59 Å². The number of hydrogen-bond acceptors (Lipinski definition) is 10. The molecule has 0 spiro atoms. The maximum absolute atomic E-state index is 11.6. The van der Waals surface area contributed by atoms with Gasteiger partial charge in [0.15, 0.2) is 0 Å². The van der Waals surface area contributed by atoms with E-state index in [-0.39, 0.29) is 18.5 Å². The molecule has 10 heteroatoms. The third kappa shape index (κ3) is 17.3. The molecule has 2 aromatic rings. The number of ether oxygens (including phenoxy) is 6. The van der Waals surface area contributed by atoms with Gasteiger partial charge in [0.25, 0.3) is 12.6 Å². The maximum Gasteiger partial charge on any atom is 0.516 e. The van der Waals surface area contributed by atoms with Crippen molar-refractivity contribution < 1.29 is 47.6 Å². The molecule has 2 unspecified atom stereocenters. The van der Waals surface area contributed by atoms with E-state index in [9.17, 15) is 19.2 Å². The third-order valence-electron chi connectivity index (χ3n) is 5.08. The van der Waals surface area contributed by atoms with Crippen molar-refractivity contribution in [1.82, 2.24) is 0 Å². The number of para-hydroxylation sites is 1. The lowest BCUT2D eigenvalue weighted by Gasteiger charge is -2.17. The van der Waals surface area contributed by atoms with Crippen molar-refractivity contribution in [3.8, 4) is 5.75 Å². The topological polar surface area (TPSA) is 124 Å². The number of rotatable bonds is 15. The van der Waals surface area contributed by atoms with Gasteiger partial charge in [0.05, 0.1) is 0 Å². The predicted molar refractivity (Wildman–Crippen MR) is 151 cm³/mol. The minimum absolute atomic E-state index is 0.126. The molecule has 2 atom stereocenters. The fraction of sp³-hybridized carbons (Fsp3) is 0.484. The molecule has 0 aliphatic carbocycles. The Kier molecular flexibility index (Phi) is 18.5. The highest BCUT2D eigenvalue weighted by molar-refractivity contribution is 5.70. The van der Waals surface area contributed by atoms with Crippen LogP contribution in [0.5, 0.6) is 5.75 Å². The molecule has 0 N–H and O–H groups in total. The van der Waals surface area contributed by atoms with Crippen LogP contribution in [0.3, 0.4) is 0 Å². The molecule has 2 rings (SSSR count). The molecule has 226 valence electrons. The van der Waals surface area contributed by atoms with Gasteiger partial charge in [-0.3, -0.25) is 9.59 Å². The largest absolute Gasteiger partial charge is 0.516 e. The second-order valence-electron chi connectivity index (χ2n) is 8.84. The Balaban J connectivity index is 0.000000410. The van der Waals surface area contributed by atoms with Crippen LogP contribution in [0.15, 0.2) is 60.7 Å². The second kappa shape index (κ2) is 21.7. The zero-order chi connectivity index (χ0) is 30.3. The van der Waals surface area contributed by atoms with Crippen LogP contribution >= 0.6 is 0 Å². The summed E-state index contributed by atoms with van der Waals surface area (Å²) in [5, 5.41) is 0. The van der Waals surface area contributed by atoms with E-state index in [0.717, 1.165) is 18.4 Å². The van der Waals surface area contributed by atoms with Crippen LogP contribution in [0.2, 0.25) is 0 Å². The first-order valence-electron chi connectivity index (χ1n) is 14.0. The monoisotopic (exact) mass is 574 g/mol. The van der Waals surface area contributed by atoms with Crippen molar-refractivity contribution in [1.29, 1.82) is 0 Å². The summed E-state index contributed by atoms with van der Waals surface area (Å²) < 4.78 is 30.2. The summed E-state index contributed by atoms with van der Waals surface area (Å²) in [6.45, 7) is 7.71. The first kappa shape index (κ1) is 34.9. The van der Waals surface area contributed by atoms with Gasteiger partial charge in [0.1, 0.15) is 12.4 Å². The molecular weight excluding hydrogens is 532 g/mol. The highest BCUT2D eigenvalue weighted by Gasteiger charge is 2.20. The van der Waals surface area contributed by atoms with Crippen LogP contribution < -0.4 is 4.74 Å². The van der Waals surface area contributed by atoms with Crippen LogP contribution in [0.1, 0.15) is 84.6 Å². The first-order valence-corrected chi connectivity index (χ1v) is 14.0. The van der Waals surface area contributed by atoms with E-state index >= 15 is 0 Å². The predicted octanol–water partition coefficient (Wildman–Crippen LogP) is 7.48. The fourth-order valence-electron chi connectivity index (χ4n) is 3.15. The lowest BCUT2D eigenvalue weighted by Crippen LogP contribution is -2.26. The molecule has 0 aliphatic rings. The Morgan fingerprint density at radius 3 is 1.51 bits per heavy atom. The van der Waals surface area contributed by atoms with Gasteiger partial charge >= 0.3 is 24.2 Å². The number of esters is 2. The number of benzene rings is 2. The Morgan fingerprint density at radius 1 is 0.585 bits per heavy atom. The molecule has 0 radical (unpaired) electrons. The number of carbonyl (C=O) groups is 4. The molecule has 0 saturated carbocycles. The summed E-state index contributed by atoms with van der Waals surface area (Å²) in [5.41, 5.74) is 0.865. The highest BCUT2D eigenvalue weighted by atomic mass is 16.8. The molecule has 0 bridgehead atoms. The van der Waals surface area contributed by atoms with Gasteiger partial charge in [0, 0.05) is 25.7 Å². The number of hydrogen-bond donors (Lipinski definition) is 0. The molecule has 41 heavy (non-hydrogen) atoms. The third-order valence-corrected chi connectivity index (χ3v) is 5.08. The Morgan fingerprint density at radius 2 is 1.05 bits per heavy atom. The highest BCUT2D eigenvalue weighted by Crippen LogP contribution is 2.13. The fourth-order valence-corrected chi connectivity index (χ4v) is 3.15. The van der Waals surface area contributed by atoms with Gasteiger partial charge in [0.2, 0.25) is 0 Å². The average Bonchev–Trinajstić information content (AvgIpc) is 2.94. The summed E-state index contributed by atoms with van der Waals surface area (Å²) >= 11 is 0. The van der Waals surface area contributed by atoms with Crippen LogP contribution in [0.4, 0.5) is 9.59 Å². The minimum Gasteiger partial charge on any atom is -0.429 e. The van der Waals surface area contributed by atoms with Crippen molar-refractivity contribution in [2.24, 2.45) is 0 Å². The Labute approximate surface area is 242 Å². The maximum atomic E-state index is 11.6.